The van der Waals surface area contributed by atoms with Crippen molar-refractivity contribution in [2.24, 2.45) is 5.92 Å². The van der Waals surface area contributed by atoms with Gasteiger partial charge in [-0.1, -0.05) is 0 Å². The second-order valence-electron chi connectivity index (χ2n) is 1.67. The molecule has 0 aliphatic carbocycles. The summed E-state index contributed by atoms with van der Waals surface area (Å²) in [6.07, 6.45) is -0.646. The van der Waals surface area contributed by atoms with Crippen LogP contribution in [-0.4, -0.2) is 12.6 Å². The van der Waals surface area contributed by atoms with Crippen molar-refractivity contribution in [3.8, 4) is 12.1 Å². The van der Waals surface area contributed by atoms with Crippen molar-refractivity contribution in [3.05, 3.63) is 0 Å². The lowest BCUT2D eigenvalue weighted by molar-refractivity contribution is -0.133. The second kappa shape index (κ2) is 4.34. The lowest BCUT2D eigenvalue weighted by Gasteiger charge is -2.07. The standard InChI is InChI=1S/C6H6N2O2/c1-5(10-4-9)6(2-7)3-8/h4-6H,1H3. The van der Waals surface area contributed by atoms with Crippen molar-refractivity contribution in [2.75, 3.05) is 0 Å². The van der Waals surface area contributed by atoms with Gasteiger partial charge in [0.05, 0.1) is 12.1 Å². The maximum absolute atomic E-state index is 9.71. The second-order valence-corrected chi connectivity index (χ2v) is 1.67. The molecule has 0 amide bonds. The van der Waals surface area contributed by atoms with Gasteiger partial charge in [-0.3, -0.25) is 4.79 Å². The maximum Gasteiger partial charge on any atom is 0.293 e. The van der Waals surface area contributed by atoms with E-state index in [2.05, 4.69) is 4.74 Å². The Morgan fingerprint density at radius 1 is 1.50 bits per heavy atom. The number of carbonyl (C=O) groups is 1. The molecular weight excluding hydrogens is 132 g/mol. The summed E-state index contributed by atoms with van der Waals surface area (Å²) in [5.41, 5.74) is 0. The molecule has 0 radical (unpaired) electrons. The zero-order valence-corrected chi connectivity index (χ0v) is 5.44. The Kier molecular flexibility index (Phi) is 3.67. The first-order chi connectivity index (χ1) is 4.76. The molecule has 1 unspecified atom stereocenters. The quantitative estimate of drug-likeness (QED) is 0.522. The van der Waals surface area contributed by atoms with Crippen LogP contribution in [0.2, 0.25) is 0 Å². The summed E-state index contributed by atoms with van der Waals surface area (Å²) in [5, 5.41) is 16.5. The molecule has 0 heterocycles. The van der Waals surface area contributed by atoms with Gasteiger partial charge in [-0.25, -0.2) is 0 Å². The molecule has 0 bridgehead atoms. The molecule has 0 spiro atoms. The fraction of sp³-hybridized carbons (Fsp3) is 0.500. The van der Waals surface area contributed by atoms with E-state index in [0.717, 1.165) is 0 Å². The minimum atomic E-state index is -0.870. The van der Waals surface area contributed by atoms with Gasteiger partial charge in [0.15, 0.2) is 5.92 Å². The molecule has 4 nitrogen and oxygen atoms in total. The van der Waals surface area contributed by atoms with Gasteiger partial charge in [-0.05, 0) is 6.92 Å². The van der Waals surface area contributed by atoms with Crippen molar-refractivity contribution >= 4 is 6.47 Å². The van der Waals surface area contributed by atoms with E-state index in [1.54, 1.807) is 12.1 Å². The van der Waals surface area contributed by atoms with Gasteiger partial charge < -0.3 is 4.74 Å². The Hall–Kier alpha value is -1.55. The average Bonchev–Trinajstić information content (AvgIpc) is 1.91. The van der Waals surface area contributed by atoms with E-state index in [0.29, 0.717) is 0 Å². The van der Waals surface area contributed by atoms with Gasteiger partial charge in [0.25, 0.3) is 6.47 Å². The molecule has 52 valence electrons. The highest BCUT2D eigenvalue weighted by Crippen LogP contribution is 2.02. The summed E-state index contributed by atoms with van der Waals surface area (Å²) < 4.78 is 4.36. The normalized spacial score (nSPS) is 11.2. The molecule has 4 heteroatoms. The Morgan fingerprint density at radius 3 is 2.30 bits per heavy atom. The highest BCUT2D eigenvalue weighted by Gasteiger charge is 2.15. The van der Waals surface area contributed by atoms with Gasteiger partial charge >= 0.3 is 0 Å². The van der Waals surface area contributed by atoms with Crippen LogP contribution >= 0.6 is 0 Å². The third kappa shape index (κ3) is 2.15. The first-order valence-corrected chi connectivity index (χ1v) is 2.64. The zero-order chi connectivity index (χ0) is 7.98. The van der Waals surface area contributed by atoms with Gasteiger partial charge in [0.1, 0.15) is 6.10 Å². The van der Waals surface area contributed by atoms with Crippen LogP contribution in [0.5, 0.6) is 0 Å². The molecule has 1 atom stereocenters. The molecule has 0 fully saturated rings. The first-order valence-electron chi connectivity index (χ1n) is 2.64. The van der Waals surface area contributed by atoms with Gasteiger partial charge in [0, 0.05) is 0 Å². The van der Waals surface area contributed by atoms with Crippen LogP contribution in [0.25, 0.3) is 0 Å². The van der Waals surface area contributed by atoms with Crippen molar-refractivity contribution in [2.45, 2.75) is 13.0 Å². The predicted octanol–water partition coefficient (Wildman–Crippen LogP) is 0.211. The predicted molar refractivity (Wildman–Crippen MR) is 31.3 cm³/mol. The minimum absolute atomic E-state index is 0.229. The summed E-state index contributed by atoms with van der Waals surface area (Å²) in [7, 11) is 0. The van der Waals surface area contributed by atoms with E-state index in [9.17, 15) is 4.79 Å². The molecule has 0 rings (SSSR count). The van der Waals surface area contributed by atoms with Crippen molar-refractivity contribution < 1.29 is 9.53 Å². The summed E-state index contributed by atoms with van der Waals surface area (Å²) >= 11 is 0. The van der Waals surface area contributed by atoms with E-state index in [4.69, 9.17) is 10.5 Å². The smallest absolute Gasteiger partial charge is 0.293 e. The molecule has 0 saturated heterocycles. The van der Waals surface area contributed by atoms with Crippen molar-refractivity contribution in [1.82, 2.24) is 0 Å². The van der Waals surface area contributed by atoms with Crippen LogP contribution in [0.1, 0.15) is 6.92 Å². The van der Waals surface area contributed by atoms with Crippen molar-refractivity contribution in [3.63, 3.8) is 0 Å². The van der Waals surface area contributed by atoms with Crippen molar-refractivity contribution in [1.29, 1.82) is 10.5 Å². The fourth-order valence-corrected chi connectivity index (χ4v) is 0.405. The van der Waals surface area contributed by atoms with Crippen LogP contribution in [-0.2, 0) is 9.53 Å². The summed E-state index contributed by atoms with van der Waals surface area (Å²) in [6, 6.07) is 3.38. The largest absolute Gasteiger partial charge is 0.462 e. The molecule has 0 aromatic rings. The van der Waals surface area contributed by atoms with Gasteiger partial charge in [0.2, 0.25) is 0 Å². The summed E-state index contributed by atoms with van der Waals surface area (Å²) in [5.74, 6) is -0.870. The van der Waals surface area contributed by atoms with Crippen LogP contribution < -0.4 is 0 Å². The molecule has 0 aliphatic rings. The number of rotatable bonds is 3. The molecule has 0 aromatic carbocycles. The Morgan fingerprint density at radius 2 is 2.00 bits per heavy atom. The van der Waals surface area contributed by atoms with E-state index >= 15 is 0 Å². The van der Waals surface area contributed by atoms with Crippen LogP contribution in [0.3, 0.4) is 0 Å². The minimum Gasteiger partial charge on any atom is -0.462 e. The topological polar surface area (TPSA) is 73.9 Å². The molecular formula is C6H6N2O2. The molecule has 0 saturated carbocycles. The van der Waals surface area contributed by atoms with Gasteiger partial charge in [-0.15, -0.1) is 0 Å². The van der Waals surface area contributed by atoms with E-state index in [-0.39, 0.29) is 6.47 Å². The molecule has 0 aliphatic heterocycles. The summed E-state index contributed by atoms with van der Waals surface area (Å²) in [6.45, 7) is 1.72. The lowest BCUT2D eigenvalue weighted by Crippen LogP contribution is -2.16. The van der Waals surface area contributed by atoms with E-state index in [1.165, 1.54) is 6.92 Å². The average molecular weight is 138 g/mol. The van der Waals surface area contributed by atoms with Crippen LogP contribution in [0.4, 0.5) is 0 Å². The van der Waals surface area contributed by atoms with Crippen LogP contribution in [0.15, 0.2) is 0 Å². The summed E-state index contributed by atoms with van der Waals surface area (Å²) in [4.78, 5) is 9.71. The molecule has 0 aromatic heterocycles. The van der Waals surface area contributed by atoms with E-state index in [1.807, 2.05) is 0 Å². The SMILES string of the molecule is CC(OC=O)C(C#N)C#N. The monoisotopic (exact) mass is 138 g/mol. The number of hydrogen-bond donors (Lipinski definition) is 0. The van der Waals surface area contributed by atoms with Crippen LogP contribution in [0, 0.1) is 28.6 Å². The third-order valence-electron chi connectivity index (χ3n) is 1.02. The highest BCUT2D eigenvalue weighted by molar-refractivity contribution is 5.37. The maximum atomic E-state index is 9.71. The Labute approximate surface area is 58.6 Å². The Bertz CT molecular complexity index is 175. The van der Waals surface area contributed by atoms with Gasteiger partial charge in [-0.2, -0.15) is 10.5 Å². The zero-order valence-electron chi connectivity index (χ0n) is 5.44. The lowest BCUT2D eigenvalue weighted by atomic mass is 10.1. The highest BCUT2D eigenvalue weighted by atomic mass is 16.5. The van der Waals surface area contributed by atoms with E-state index < -0.39 is 12.0 Å². The number of ether oxygens (including phenoxy) is 1. The number of nitrogens with zero attached hydrogens (tertiary/aromatic N) is 2. The Balaban J connectivity index is 3.94. The first kappa shape index (κ1) is 8.45. The number of hydrogen-bond acceptors (Lipinski definition) is 4. The number of carbonyl (C=O) groups excluding carboxylic acids is 1. The molecule has 0 N–H and O–H groups in total. The third-order valence-corrected chi connectivity index (χ3v) is 1.02. The molecule has 10 heavy (non-hydrogen) atoms. The fourth-order valence-electron chi connectivity index (χ4n) is 0.405. The number of nitriles is 2.